The number of benzene rings is 2. The molecule has 0 aromatic heterocycles. The number of nitrogens with zero attached hydrogens (tertiary/aromatic N) is 1. The molecule has 1 amide bonds. The highest BCUT2D eigenvalue weighted by Crippen LogP contribution is 2.49. The van der Waals surface area contributed by atoms with Crippen molar-refractivity contribution in [2.45, 2.75) is 38.5 Å². The largest absolute Gasteiger partial charge is 0.493 e. The van der Waals surface area contributed by atoms with Gasteiger partial charge in [0.05, 0.1) is 21.3 Å². The van der Waals surface area contributed by atoms with E-state index in [2.05, 4.69) is 0 Å². The quantitative estimate of drug-likeness (QED) is 0.709. The van der Waals surface area contributed by atoms with Crippen molar-refractivity contribution in [1.82, 2.24) is 0 Å². The zero-order valence-corrected chi connectivity index (χ0v) is 18.4. The summed E-state index contributed by atoms with van der Waals surface area (Å²) in [7, 11) is 4.67. The van der Waals surface area contributed by atoms with Crippen LogP contribution in [-0.2, 0) is 9.59 Å². The molecule has 31 heavy (non-hydrogen) atoms. The van der Waals surface area contributed by atoms with Crippen molar-refractivity contribution in [2.24, 2.45) is 0 Å². The fourth-order valence-electron chi connectivity index (χ4n) is 4.65. The lowest BCUT2D eigenvalue weighted by molar-refractivity contribution is -0.119. The Labute approximate surface area is 182 Å². The van der Waals surface area contributed by atoms with Gasteiger partial charge in [-0.2, -0.15) is 0 Å². The number of amides is 1. The molecule has 162 valence electrons. The Morgan fingerprint density at radius 3 is 2.23 bits per heavy atom. The van der Waals surface area contributed by atoms with Gasteiger partial charge in [0.1, 0.15) is 0 Å². The van der Waals surface area contributed by atoms with Crippen molar-refractivity contribution < 1.29 is 23.8 Å². The number of hydrogen-bond acceptors (Lipinski definition) is 5. The van der Waals surface area contributed by atoms with Gasteiger partial charge >= 0.3 is 0 Å². The lowest BCUT2D eigenvalue weighted by atomic mass is 9.76. The second kappa shape index (κ2) is 8.46. The predicted octanol–water partition coefficient (Wildman–Crippen LogP) is 4.55. The molecule has 0 N–H and O–H groups in total. The average Bonchev–Trinajstić information content (AvgIpc) is 2.78. The number of carbonyl (C=O) groups excluding carboxylic acids is 2. The van der Waals surface area contributed by atoms with Crippen LogP contribution in [0.3, 0.4) is 0 Å². The van der Waals surface area contributed by atoms with Crippen LogP contribution in [0.25, 0.3) is 0 Å². The molecule has 0 saturated heterocycles. The number of rotatable bonds is 5. The molecule has 0 bridgehead atoms. The fourth-order valence-corrected chi connectivity index (χ4v) is 4.65. The normalized spacial score (nSPS) is 18.7. The van der Waals surface area contributed by atoms with Gasteiger partial charge in [-0.3, -0.25) is 14.5 Å². The lowest BCUT2D eigenvalue weighted by Crippen LogP contribution is -2.40. The van der Waals surface area contributed by atoms with Gasteiger partial charge in [-0.15, -0.1) is 0 Å². The molecule has 1 unspecified atom stereocenters. The van der Waals surface area contributed by atoms with Crippen LogP contribution in [0.1, 0.15) is 42.7 Å². The van der Waals surface area contributed by atoms with Crippen molar-refractivity contribution in [3.63, 3.8) is 0 Å². The monoisotopic (exact) mass is 421 g/mol. The molecule has 0 spiro atoms. The van der Waals surface area contributed by atoms with E-state index in [1.54, 1.807) is 32.3 Å². The van der Waals surface area contributed by atoms with E-state index in [0.29, 0.717) is 35.7 Å². The van der Waals surface area contributed by atoms with E-state index < -0.39 is 0 Å². The molecule has 2 aromatic carbocycles. The number of ketones is 1. The maximum Gasteiger partial charge on any atom is 0.232 e. The summed E-state index contributed by atoms with van der Waals surface area (Å²) >= 11 is 0. The molecule has 1 aliphatic heterocycles. The van der Waals surface area contributed by atoms with Crippen LogP contribution in [0, 0.1) is 6.92 Å². The molecule has 1 heterocycles. The minimum Gasteiger partial charge on any atom is -0.493 e. The second-order valence-electron chi connectivity index (χ2n) is 7.88. The molecule has 1 aliphatic carbocycles. The Morgan fingerprint density at radius 1 is 0.871 bits per heavy atom. The first-order valence-corrected chi connectivity index (χ1v) is 10.4. The molecule has 6 heteroatoms. The van der Waals surface area contributed by atoms with E-state index >= 15 is 0 Å². The standard InChI is InChI=1S/C25H27NO5/c1-15-8-10-16(11-9-15)26-19-6-5-7-20(27)23(19)18(14-22(26)28)17-12-13-21(29-2)25(31-4)24(17)30-3/h8-13,18H,5-7,14H2,1-4H3. The van der Waals surface area contributed by atoms with Gasteiger partial charge in [-0.05, 0) is 38.0 Å². The predicted molar refractivity (Wildman–Crippen MR) is 118 cm³/mol. The smallest absolute Gasteiger partial charge is 0.232 e. The van der Waals surface area contributed by atoms with E-state index in [4.69, 9.17) is 14.2 Å². The van der Waals surface area contributed by atoms with Crippen LogP contribution in [-0.4, -0.2) is 33.0 Å². The number of methoxy groups -OCH3 is 3. The third-order valence-electron chi connectivity index (χ3n) is 6.08. The summed E-state index contributed by atoms with van der Waals surface area (Å²) in [6.45, 7) is 2.01. The number of anilines is 1. The summed E-state index contributed by atoms with van der Waals surface area (Å²) in [6.07, 6.45) is 2.10. The zero-order chi connectivity index (χ0) is 22.1. The number of aryl methyl sites for hydroxylation is 1. The fraction of sp³-hybridized carbons (Fsp3) is 0.360. The van der Waals surface area contributed by atoms with Crippen LogP contribution < -0.4 is 19.1 Å². The highest BCUT2D eigenvalue weighted by Gasteiger charge is 2.41. The van der Waals surface area contributed by atoms with Crippen molar-refractivity contribution in [3.8, 4) is 17.2 Å². The van der Waals surface area contributed by atoms with E-state index in [-0.39, 0.29) is 24.0 Å². The Hall–Kier alpha value is -3.28. The minimum absolute atomic E-state index is 0.0286. The third kappa shape index (κ3) is 3.56. The Kier molecular flexibility index (Phi) is 5.72. The molecule has 6 nitrogen and oxygen atoms in total. The van der Waals surface area contributed by atoms with Gasteiger partial charge in [0.2, 0.25) is 11.7 Å². The number of carbonyl (C=O) groups is 2. The lowest BCUT2D eigenvalue weighted by Gasteiger charge is -2.38. The van der Waals surface area contributed by atoms with E-state index in [0.717, 1.165) is 28.9 Å². The topological polar surface area (TPSA) is 65.1 Å². The molecular formula is C25H27NO5. The third-order valence-corrected chi connectivity index (χ3v) is 6.08. The van der Waals surface area contributed by atoms with Gasteiger partial charge in [0.15, 0.2) is 17.3 Å². The zero-order valence-electron chi connectivity index (χ0n) is 18.4. The van der Waals surface area contributed by atoms with Gasteiger partial charge in [-0.25, -0.2) is 0 Å². The molecular weight excluding hydrogens is 394 g/mol. The Morgan fingerprint density at radius 2 is 1.58 bits per heavy atom. The van der Waals surface area contributed by atoms with Crippen molar-refractivity contribution in [2.75, 3.05) is 26.2 Å². The Bertz CT molecular complexity index is 1050. The van der Waals surface area contributed by atoms with Gasteiger partial charge in [0, 0.05) is 41.3 Å². The summed E-state index contributed by atoms with van der Waals surface area (Å²) in [5, 5.41) is 0. The minimum atomic E-state index is -0.383. The molecule has 1 atom stereocenters. The molecule has 2 aromatic rings. The van der Waals surface area contributed by atoms with E-state index in [1.165, 1.54) is 0 Å². The molecule has 0 radical (unpaired) electrons. The average molecular weight is 421 g/mol. The van der Waals surface area contributed by atoms with Crippen LogP contribution in [0.5, 0.6) is 17.2 Å². The van der Waals surface area contributed by atoms with Gasteiger partial charge in [0.25, 0.3) is 0 Å². The van der Waals surface area contributed by atoms with Crippen molar-refractivity contribution in [1.29, 1.82) is 0 Å². The number of hydrogen-bond donors (Lipinski definition) is 0. The highest BCUT2D eigenvalue weighted by atomic mass is 16.5. The van der Waals surface area contributed by atoms with E-state index in [1.807, 2.05) is 37.3 Å². The number of allylic oxidation sites excluding steroid dienone is 2. The molecule has 2 aliphatic rings. The second-order valence-corrected chi connectivity index (χ2v) is 7.88. The number of ether oxygens (including phenoxy) is 3. The summed E-state index contributed by atoms with van der Waals surface area (Å²) < 4.78 is 16.6. The maximum atomic E-state index is 13.4. The van der Waals surface area contributed by atoms with Crippen LogP contribution >= 0.6 is 0 Å². The van der Waals surface area contributed by atoms with Crippen LogP contribution in [0.15, 0.2) is 47.7 Å². The summed E-state index contributed by atoms with van der Waals surface area (Å²) in [5.74, 6) is 1.17. The summed E-state index contributed by atoms with van der Waals surface area (Å²) in [5.41, 5.74) is 4.19. The highest BCUT2D eigenvalue weighted by molar-refractivity contribution is 6.07. The molecule has 0 fully saturated rings. The van der Waals surface area contributed by atoms with E-state index in [9.17, 15) is 9.59 Å². The van der Waals surface area contributed by atoms with Crippen molar-refractivity contribution in [3.05, 3.63) is 58.8 Å². The van der Waals surface area contributed by atoms with Crippen LogP contribution in [0.2, 0.25) is 0 Å². The first-order valence-electron chi connectivity index (χ1n) is 10.4. The maximum absolute atomic E-state index is 13.4. The van der Waals surface area contributed by atoms with Crippen LogP contribution in [0.4, 0.5) is 5.69 Å². The number of Topliss-reactive ketones (excluding diaryl/α,β-unsaturated/α-hetero) is 1. The van der Waals surface area contributed by atoms with Gasteiger partial charge < -0.3 is 14.2 Å². The Balaban J connectivity index is 1.89. The summed E-state index contributed by atoms with van der Waals surface area (Å²) in [4.78, 5) is 28.3. The summed E-state index contributed by atoms with van der Waals surface area (Å²) in [6, 6.07) is 11.5. The first kappa shape index (κ1) is 21.0. The van der Waals surface area contributed by atoms with Gasteiger partial charge in [-0.1, -0.05) is 23.8 Å². The molecule has 0 saturated carbocycles. The SMILES string of the molecule is COc1ccc(C2CC(=O)N(c3ccc(C)cc3)C3=C2C(=O)CCC3)c(OC)c1OC. The first-order chi connectivity index (χ1) is 15.0. The molecule has 4 rings (SSSR count). The van der Waals surface area contributed by atoms with Crippen molar-refractivity contribution >= 4 is 17.4 Å².